The predicted molar refractivity (Wildman–Crippen MR) is 111 cm³/mol. The van der Waals surface area contributed by atoms with Crippen molar-refractivity contribution in [2.75, 3.05) is 13.1 Å². The first-order chi connectivity index (χ1) is 12.3. The molecular weight excluding hydrogens is 336 g/mol. The summed E-state index contributed by atoms with van der Waals surface area (Å²) in [5.41, 5.74) is 8.79. The molecule has 4 saturated carbocycles. The molecule has 0 amide bonds. The third-order valence-corrected chi connectivity index (χ3v) is 9.10. The summed E-state index contributed by atoms with van der Waals surface area (Å²) in [5, 5.41) is 0. The minimum atomic E-state index is 0.158. The van der Waals surface area contributed by atoms with E-state index in [1.165, 1.54) is 37.1 Å². The number of benzene rings is 1. The standard InChI is InChI=1S/C23H32N2S/c1-21(2)15-25(9-8-19(21)24)20(26)23-12-16-10-18(23)13-22(11-16,14-23)17-6-4-3-5-7-17/h3-7,16,18-19H,8-15,24H2,1-2H3/t16?,18?,19-,22?,23?/m0/s1. The number of likely N-dealkylation sites (tertiary alicyclic amines) is 1. The lowest BCUT2D eigenvalue weighted by Crippen LogP contribution is -2.56. The molecule has 140 valence electrons. The molecule has 4 bridgehead atoms. The van der Waals surface area contributed by atoms with E-state index in [0.29, 0.717) is 11.5 Å². The van der Waals surface area contributed by atoms with Gasteiger partial charge in [-0.1, -0.05) is 56.4 Å². The van der Waals surface area contributed by atoms with Crippen LogP contribution in [0, 0.1) is 22.7 Å². The number of piperidine rings is 1. The molecule has 5 fully saturated rings. The van der Waals surface area contributed by atoms with E-state index in [1.54, 1.807) is 5.56 Å². The van der Waals surface area contributed by atoms with Gasteiger partial charge < -0.3 is 10.6 Å². The Kier molecular flexibility index (Phi) is 3.66. The Morgan fingerprint density at radius 2 is 1.92 bits per heavy atom. The van der Waals surface area contributed by atoms with Crippen LogP contribution in [0.2, 0.25) is 0 Å². The average Bonchev–Trinajstić information content (AvgIpc) is 3.01. The van der Waals surface area contributed by atoms with Crippen molar-refractivity contribution in [2.24, 2.45) is 28.4 Å². The van der Waals surface area contributed by atoms with Gasteiger partial charge in [-0.3, -0.25) is 0 Å². The molecule has 0 aromatic heterocycles. The quantitative estimate of drug-likeness (QED) is 0.778. The lowest BCUT2D eigenvalue weighted by molar-refractivity contribution is 0.133. The average molecular weight is 369 g/mol. The summed E-state index contributed by atoms with van der Waals surface area (Å²) < 4.78 is 0. The lowest BCUT2D eigenvalue weighted by Gasteiger charge is -2.49. The zero-order valence-electron chi connectivity index (χ0n) is 16.2. The van der Waals surface area contributed by atoms with Crippen molar-refractivity contribution in [3.8, 4) is 0 Å². The van der Waals surface area contributed by atoms with Gasteiger partial charge in [0, 0.05) is 24.5 Å². The van der Waals surface area contributed by atoms with Gasteiger partial charge in [-0.15, -0.1) is 0 Å². The molecule has 0 radical (unpaired) electrons. The van der Waals surface area contributed by atoms with Gasteiger partial charge in [0.2, 0.25) is 0 Å². The lowest BCUT2D eigenvalue weighted by atomic mass is 9.63. The van der Waals surface area contributed by atoms with Crippen molar-refractivity contribution < 1.29 is 0 Å². The van der Waals surface area contributed by atoms with E-state index in [0.717, 1.165) is 31.3 Å². The number of rotatable bonds is 2. The summed E-state index contributed by atoms with van der Waals surface area (Å²) in [4.78, 5) is 3.85. The van der Waals surface area contributed by atoms with Gasteiger partial charge in [0.1, 0.15) is 0 Å². The van der Waals surface area contributed by atoms with E-state index < -0.39 is 0 Å². The summed E-state index contributed by atoms with van der Waals surface area (Å²) >= 11 is 6.26. The molecular formula is C23H32N2S. The minimum Gasteiger partial charge on any atom is -0.365 e. The number of hydrogen-bond acceptors (Lipinski definition) is 2. The largest absolute Gasteiger partial charge is 0.365 e. The molecule has 6 rings (SSSR count). The Morgan fingerprint density at radius 3 is 2.65 bits per heavy atom. The maximum atomic E-state index is 6.39. The molecule has 2 N–H and O–H groups in total. The molecule has 1 saturated heterocycles. The smallest absolute Gasteiger partial charge is 0.0845 e. The Labute approximate surface area is 163 Å². The zero-order valence-corrected chi connectivity index (χ0v) is 17.0. The van der Waals surface area contributed by atoms with Crippen molar-refractivity contribution in [2.45, 2.75) is 63.8 Å². The highest BCUT2D eigenvalue weighted by Gasteiger charge is 2.66. The maximum absolute atomic E-state index is 6.39. The third kappa shape index (κ3) is 2.29. The van der Waals surface area contributed by atoms with Gasteiger partial charge in [0.25, 0.3) is 0 Å². The van der Waals surface area contributed by atoms with Gasteiger partial charge in [-0.25, -0.2) is 0 Å². The van der Waals surface area contributed by atoms with Crippen LogP contribution in [0.3, 0.4) is 0 Å². The van der Waals surface area contributed by atoms with Crippen molar-refractivity contribution in [1.29, 1.82) is 0 Å². The third-order valence-electron chi connectivity index (χ3n) is 8.43. The van der Waals surface area contributed by atoms with Crippen LogP contribution < -0.4 is 5.73 Å². The zero-order chi connectivity index (χ0) is 18.2. The van der Waals surface area contributed by atoms with Crippen molar-refractivity contribution in [3.63, 3.8) is 0 Å². The Hall–Kier alpha value is -0.930. The molecule has 1 aromatic carbocycles. The fourth-order valence-electron chi connectivity index (χ4n) is 7.23. The Morgan fingerprint density at radius 1 is 1.15 bits per heavy atom. The molecule has 4 unspecified atom stereocenters. The van der Waals surface area contributed by atoms with Gasteiger partial charge in [0.05, 0.1) is 4.99 Å². The van der Waals surface area contributed by atoms with Crippen LogP contribution in [0.25, 0.3) is 0 Å². The second-order valence-corrected chi connectivity index (χ2v) is 10.9. The Balaban J connectivity index is 1.46. The van der Waals surface area contributed by atoms with Crippen molar-refractivity contribution >= 4 is 17.2 Å². The van der Waals surface area contributed by atoms with Crippen LogP contribution in [-0.2, 0) is 5.41 Å². The van der Waals surface area contributed by atoms with Crippen molar-refractivity contribution in [3.05, 3.63) is 35.9 Å². The highest BCUT2D eigenvalue weighted by atomic mass is 32.1. The fraction of sp³-hybridized carbons (Fsp3) is 0.696. The first-order valence-electron chi connectivity index (χ1n) is 10.5. The first-order valence-corrected chi connectivity index (χ1v) is 10.9. The van der Waals surface area contributed by atoms with Crippen LogP contribution in [0.5, 0.6) is 0 Å². The molecule has 5 atom stereocenters. The topological polar surface area (TPSA) is 29.3 Å². The number of nitrogens with zero attached hydrogens (tertiary/aromatic N) is 1. The minimum absolute atomic E-state index is 0.158. The van der Waals surface area contributed by atoms with Crippen LogP contribution in [-0.4, -0.2) is 29.0 Å². The van der Waals surface area contributed by atoms with Gasteiger partial charge in [-0.05, 0) is 66.8 Å². The molecule has 3 heteroatoms. The van der Waals surface area contributed by atoms with E-state index in [9.17, 15) is 0 Å². The summed E-state index contributed by atoms with van der Waals surface area (Å²) in [7, 11) is 0. The van der Waals surface area contributed by atoms with Crippen LogP contribution in [0.4, 0.5) is 0 Å². The van der Waals surface area contributed by atoms with E-state index >= 15 is 0 Å². The molecule has 1 aromatic rings. The number of hydrogen-bond donors (Lipinski definition) is 1. The normalized spacial score (nSPS) is 43.0. The highest BCUT2D eigenvalue weighted by molar-refractivity contribution is 7.80. The molecule has 2 nitrogen and oxygen atoms in total. The monoisotopic (exact) mass is 368 g/mol. The number of thiocarbonyl (C=S) groups is 1. The summed E-state index contributed by atoms with van der Waals surface area (Å²) in [5.74, 6) is 1.67. The van der Waals surface area contributed by atoms with Gasteiger partial charge in [-0.2, -0.15) is 0 Å². The van der Waals surface area contributed by atoms with Crippen LogP contribution >= 0.6 is 12.2 Å². The number of nitrogens with two attached hydrogens (primary N) is 1. The second-order valence-electron chi connectivity index (χ2n) is 10.5. The van der Waals surface area contributed by atoms with Crippen LogP contribution in [0.15, 0.2) is 30.3 Å². The van der Waals surface area contributed by atoms with E-state index in [2.05, 4.69) is 49.1 Å². The van der Waals surface area contributed by atoms with Gasteiger partial charge in [0.15, 0.2) is 0 Å². The summed E-state index contributed by atoms with van der Waals surface area (Å²) in [6, 6.07) is 11.6. The highest BCUT2D eigenvalue weighted by Crippen LogP contribution is 2.71. The first kappa shape index (κ1) is 17.2. The molecule has 4 aliphatic carbocycles. The van der Waals surface area contributed by atoms with E-state index in [4.69, 9.17) is 18.0 Å². The SMILES string of the molecule is CC1(C)CN(C(=S)C23CC4CC2CC(c2ccccc2)(C4)C3)CC[C@@H]1N. The molecule has 5 aliphatic rings. The van der Waals surface area contributed by atoms with Crippen LogP contribution in [0.1, 0.15) is 57.9 Å². The van der Waals surface area contributed by atoms with Gasteiger partial charge >= 0.3 is 0 Å². The van der Waals surface area contributed by atoms with Crippen molar-refractivity contribution in [1.82, 2.24) is 4.90 Å². The molecule has 1 heterocycles. The predicted octanol–water partition coefficient (Wildman–Crippen LogP) is 4.52. The summed E-state index contributed by atoms with van der Waals surface area (Å²) in [6.07, 6.45) is 7.84. The molecule has 1 aliphatic heterocycles. The maximum Gasteiger partial charge on any atom is 0.0845 e. The summed E-state index contributed by atoms with van der Waals surface area (Å²) in [6.45, 7) is 6.72. The van der Waals surface area contributed by atoms with E-state index in [-0.39, 0.29) is 10.8 Å². The second kappa shape index (κ2) is 5.54. The van der Waals surface area contributed by atoms with E-state index in [1.807, 2.05) is 0 Å². The molecule has 0 spiro atoms. The Bertz CT molecular complexity index is 729. The molecule has 26 heavy (non-hydrogen) atoms. The fourth-order valence-corrected chi connectivity index (χ4v) is 7.71.